The predicted molar refractivity (Wildman–Crippen MR) is 64.0 cm³/mol. The highest BCUT2D eigenvalue weighted by atomic mass is 35.5. The molecule has 4 nitrogen and oxygen atoms in total. The van der Waals surface area contributed by atoms with Crippen LogP contribution in [0.3, 0.4) is 0 Å². The summed E-state index contributed by atoms with van der Waals surface area (Å²) in [6.07, 6.45) is 0.881. The fourth-order valence-corrected chi connectivity index (χ4v) is 1.69. The first kappa shape index (κ1) is 12.2. The van der Waals surface area contributed by atoms with E-state index in [-0.39, 0.29) is 12.5 Å². The molecule has 0 aliphatic carbocycles. The summed E-state index contributed by atoms with van der Waals surface area (Å²) in [7, 11) is 0. The van der Waals surface area contributed by atoms with Gasteiger partial charge in [-0.15, -0.1) is 0 Å². The average Bonchev–Trinajstić information content (AvgIpc) is 2.84. The van der Waals surface area contributed by atoms with Crippen LogP contribution >= 0.6 is 11.6 Å². The lowest BCUT2D eigenvalue weighted by molar-refractivity contribution is -0.170. The van der Waals surface area contributed by atoms with E-state index in [0.29, 0.717) is 23.9 Å². The van der Waals surface area contributed by atoms with E-state index in [0.717, 1.165) is 12.0 Å². The molecule has 0 N–H and O–H groups in total. The van der Waals surface area contributed by atoms with E-state index in [2.05, 4.69) is 0 Å². The van der Waals surface area contributed by atoms with E-state index in [9.17, 15) is 4.79 Å². The van der Waals surface area contributed by atoms with Crippen molar-refractivity contribution < 1.29 is 14.4 Å². The zero-order valence-corrected chi connectivity index (χ0v) is 10.4. The molecule has 0 bridgehead atoms. The van der Waals surface area contributed by atoms with Gasteiger partial charge in [0.1, 0.15) is 5.75 Å². The maximum absolute atomic E-state index is 11.6. The molecule has 0 spiro atoms. The minimum Gasteiger partial charge on any atom is -0.484 e. The van der Waals surface area contributed by atoms with E-state index >= 15 is 0 Å². The van der Waals surface area contributed by atoms with Crippen LogP contribution in [0.1, 0.15) is 12.0 Å². The van der Waals surface area contributed by atoms with Crippen molar-refractivity contribution in [1.82, 2.24) is 5.06 Å². The number of halogens is 1. The number of hydrogen-bond acceptors (Lipinski definition) is 3. The minimum absolute atomic E-state index is 0.0128. The summed E-state index contributed by atoms with van der Waals surface area (Å²) in [6, 6.07) is 5.30. The van der Waals surface area contributed by atoms with Crippen LogP contribution < -0.4 is 4.74 Å². The largest absolute Gasteiger partial charge is 0.484 e. The Kier molecular flexibility index (Phi) is 3.86. The number of carbonyl (C=O) groups excluding carboxylic acids is 1. The summed E-state index contributed by atoms with van der Waals surface area (Å²) < 4.78 is 5.39. The van der Waals surface area contributed by atoms with Gasteiger partial charge in [0.05, 0.1) is 13.2 Å². The standard InChI is InChI=1S/C12H14ClNO3/c1-9-7-10(3-4-11(9)13)16-8-12(15)14-5-2-6-17-14/h3-4,7H,2,5-6,8H2,1H3. The molecule has 1 aromatic rings. The van der Waals surface area contributed by atoms with Gasteiger partial charge in [-0.1, -0.05) is 11.6 Å². The molecule has 0 unspecified atom stereocenters. The number of benzene rings is 1. The SMILES string of the molecule is Cc1cc(OCC(=O)N2CCCO2)ccc1Cl. The molecule has 92 valence electrons. The van der Waals surface area contributed by atoms with Gasteiger partial charge in [-0.25, -0.2) is 5.06 Å². The lowest BCUT2D eigenvalue weighted by atomic mass is 10.2. The van der Waals surface area contributed by atoms with Crippen molar-refractivity contribution in [2.75, 3.05) is 19.8 Å². The first-order chi connectivity index (χ1) is 8.16. The first-order valence-corrected chi connectivity index (χ1v) is 5.87. The first-order valence-electron chi connectivity index (χ1n) is 5.49. The lowest BCUT2D eigenvalue weighted by Crippen LogP contribution is -2.31. The number of nitrogens with zero attached hydrogens (tertiary/aromatic N) is 1. The predicted octanol–water partition coefficient (Wildman–Crippen LogP) is 2.19. The van der Waals surface area contributed by atoms with Gasteiger partial charge in [0.15, 0.2) is 6.61 Å². The van der Waals surface area contributed by atoms with Gasteiger partial charge in [0.2, 0.25) is 0 Å². The second kappa shape index (κ2) is 5.38. The van der Waals surface area contributed by atoms with Gasteiger partial charge in [-0.05, 0) is 37.1 Å². The highest BCUT2D eigenvalue weighted by molar-refractivity contribution is 6.31. The molecule has 1 fully saturated rings. The van der Waals surface area contributed by atoms with Gasteiger partial charge in [0.25, 0.3) is 5.91 Å². The maximum Gasteiger partial charge on any atom is 0.283 e. The molecular weight excluding hydrogens is 242 g/mol. The fraction of sp³-hybridized carbons (Fsp3) is 0.417. The second-order valence-electron chi connectivity index (χ2n) is 3.88. The summed E-state index contributed by atoms with van der Waals surface area (Å²) >= 11 is 5.90. The van der Waals surface area contributed by atoms with Gasteiger partial charge in [-0.3, -0.25) is 9.63 Å². The summed E-state index contributed by atoms with van der Waals surface area (Å²) in [5, 5.41) is 2.04. The number of ether oxygens (including phenoxy) is 1. The molecule has 1 saturated heterocycles. The van der Waals surface area contributed by atoms with E-state index in [1.807, 2.05) is 6.92 Å². The highest BCUT2D eigenvalue weighted by Crippen LogP contribution is 2.21. The van der Waals surface area contributed by atoms with Crippen molar-refractivity contribution in [2.24, 2.45) is 0 Å². The van der Waals surface area contributed by atoms with Crippen molar-refractivity contribution >= 4 is 17.5 Å². The Labute approximate surface area is 105 Å². The molecule has 1 aliphatic rings. The van der Waals surface area contributed by atoms with Crippen LogP contribution in [0.15, 0.2) is 18.2 Å². The Morgan fingerprint density at radius 2 is 2.41 bits per heavy atom. The van der Waals surface area contributed by atoms with E-state index in [1.165, 1.54) is 5.06 Å². The number of rotatable bonds is 3. The van der Waals surface area contributed by atoms with Gasteiger partial charge >= 0.3 is 0 Å². The lowest BCUT2D eigenvalue weighted by Gasteiger charge is -2.14. The van der Waals surface area contributed by atoms with Crippen molar-refractivity contribution in [3.8, 4) is 5.75 Å². The molecule has 1 aliphatic heterocycles. The molecule has 0 radical (unpaired) electrons. The molecule has 0 saturated carbocycles. The molecule has 1 heterocycles. The normalized spacial score (nSPS) is 15.1. The molecule has 1 amide bonds. The van der Waals surface area contributed by atoms with Crippen LogP contribution in [0.25, 0.3) is 0 Å². The highest BCUT2D eigenvalue weighted by Gasteiger charge is 2.19. The Bertz CT molecular complexity index is 416. The second-order valence-corrected chi connectivity index (χ2v) is 4.29. The average molecular weight is 256 g/mol. The Hall–Kier alpha value is -1.26. The summed E-state index contributed by atoms with van der Waals surface area (Å²) in [5.74, 6) is 0.481. The molecule has 5 heteroatoms. The van der Waals surface area contributed by atoms with Crippen molar-refractivity contribution in [2.45, 2.75) is 13.3 Å². The van der Waals surface area contributed by atoms with Crippen molar-refractivity contribution in [3.05, 3.63) is 28.8 Å². The molecule has 17 heavy (non-hydrogen) atoms. The number of aryl methyl sites for hydroxylation is 1. The van der Waals surface area contributed by atoms with Gasteiger partial charge in [-0.2, -0.15) is 0 Å². The number of carbonyl (C=O) groups is 1. The molecule has 1 aromatic carbocycles. The van der Waals surface area contributed by atoms with E-state index in [4.69, 9.17) is 21.2 Å². The monoisotopic (exact) mass is 255 g/mol. The Morgan fingerprint density at radius 3 is 3.06 bits per heavy atom. The molecular formula is C12H14ClNO3. The van der Waals surface area contributed by atoms with Crippen LogP contribution in [0.2, 0.25) is 5.02 Å². The minimum atomic E-state index is -0.157. The summed E-state index contributed by atoms with van der Waals surface area (Å²) in [4.78, 5) is 16.7. The van der Waals surface area contributed by atoms with Crippen molar-refractivity contribution in [3.63, 3.8) is 0 Å². The Morgan fingerprint density at radius 1 is 1.59 bits per heavy atom. The quantitative estimate of drug-likeness (QED) is 0.831. The van der Waals surface area contributed by atoms with Crippen LogP contribution in [0, 0.1) is 6.92 Å². The maximum atomic E-state index is 11.6. The van der Waals surface area contributed by atoms with Crippen molar-refractivity contribution in [1.29, 1.82) is 0 Å². The van der Waals surface area contributed by atoms with E-state index in [1.54, 1.807) is 18.2 Å². The van der Waals surface area contributed by atoms with Gasteiger partial charge in [0, 0.05) is 5.02 Å². The fourth-order valence-electron chi connectivity index (χ4n) is 1.57. The summed E-state index contributed by atoms with van der Waals surface area (Å²) in [5.41, 5.74) is 0.925. The zero-order chi connectivity index (χ0) is 12.3. The third-order valence-electron chi connectivity index (χ3n) is 2.52. The third-order valence-corrected chi connectivity index (χ3v) is 2.95. The van der Waals surface area contributed by atoms with Crippen LogP contribution in [-0.2, 0) is 9.63 Å². The van der Waals surface area contributed by atoms with E-state index < -0.39 is 0 Å². The molecule has 0 atom stereocenters. The topological polar surface area (TPSA) is 38.8 Å². The Balaban J connectivity index is 1.88. The number of hydrogen-bond donors (Lipinski definition) is 0. The number of amides is 1. The number of hydroxylamine groups is 2. The molecule has 0 aromatic heterocycles. The van der Waals surface area contributed by atoms with Crippen LogP contribution in [0.5, 0.6) is 5.75 Å². The third kappa shape index (κ3) is 3.11. The van der Waals surface area contributed by atoms with Gasteiger partial charge < -0.3 is 4.74 Å². The molecule has 2 rings (SSSR count). The summed E-state index contributed by atoms with van der Waals surface area (Å²) in [6.45, 7) is 3.12. The smallest absolute Gasteiger partial charge is 0.283 e. The zero-order valence-electron chi connectivity index (χ0n) is 9.61. The van der Waals surface area contributed by atoms with Crippen LogP contribution in [-0.4, -0.2) is 30.7 Å². The van der Waals surface area contributed by atoms with Crippen LogP contribution in [0.4, 0.5) is 0 Å².